The molecule has 28 heavy (non-hydrogen) atoms. The van der Waals surface area contributed by atoms with E-state index in [0.29, 0.717) is 17.2 Å². The third-order valence-electron chi connectivity index (χ3n) is 7.54. The lowest BCUT2D eigenvalue weighted by atomic mass is 9.52. The third-order valence-corrected chi connectivity index (χ3v) is 7.54. The van der Waals surface area contributed by atoms with Crippen molar-refractivity contribution in [2.75, 3.05) is 19.7 Å². The van der Waals surface area contributed by atoms with E-state index in [9.17, 15) is 5.11 Å². The summed E-state index contributed by atoms with van der Waals surface area (Å²) in [5.74, 6) is 2.16. The summed E-state index contributed by atoms with van der Waals surface area (Å²) >= 11 is 0. The molecule has 3 aliphatic rings. The van der Waals surface area contributed by atoms with E-state index in [-0.39, 0.29) is 0 Å². The monoisotopic (exact) mass is 377 g/mol. The summed E-state index contributed by atoms with van der Waals surface area (Å²) in [6.07, 6.45) is 8.80. The second-order valence-electron chi connectivity index (χ2n) is 8.92. The average Bonchev–Trinajstić information content (AvgIpc) is 2.74. The summed E-state index contributed by atoms with van der Waals surface area (Å²) in [5.41, 5.74) is 3.26. The van der Waals surface area contributed by atoms with Crippen molar-refractivity contribution in [2.24, 2.45) is 5.92 Å². The standard InChI is InChI=1S/C25H31NO2/c27-20-11-10-19-17-24-22-9-4-5-12-25(22,23(19)18-20)13-15-26(24)14-6-16-28-21-7-2-1-3-8-21/h1-3,7-8,10-11,18,22,24,27H,4-6,9,12-17H2/t22-,24+,25+/m0/s1. The van der Waals surface area contributed by atoms with E-state index in [1.165, 1.54) is 49.8 Å². The first-order valence-corrected chi connectivity index (χ1v) is 11.0. The Morgan fingerprint density at radius 1 is 1.07 bits per heavy atom. The first-order valence-electron chi connectivity index (χ1n) is 11.0. The van der Waals surface area contributed by atoms with Crippen LogP contribution in [0.2, 0.25) is 0 Å². The predicted molar refractivity (Wildman–Crippen MR) is 112 cm³/mol. The van der Waals surface area contributed by atoms with Crippen molar-refractivity contribution >= 4 is 0 Å². The molecule has 0 amide bonds. The van der Waals surface area contributed by atoms with Crippen LogP contribution in [0.4, 0.5) is 0 Å². The van der Waals surface area contributed by atoms with Crippen LogP contribution in [0, 0.1) is 5.92 Å². The Balaban J connectivity index is 1.30. The molecule has 2 aromatic carbocycles. The van der Waals surface area contributed by atoms with Crippen LogP contribution in [-0.2, 0) is 11.8 Å². The predicted octanol–water partition coefficient (Wildman–Crippen LogP) is 4.92. The molecule has 0 aromatic heterocycles. The third kappa shape index (κ3) is 3.10. The molecule has 2 aliphatic carbocycles. The number of phenolic OH excluding ortho intramolecular Hbond substituents is 1. The molecule has 1 aliphatic heterocycles. The first-order chi connectivity index (χ1) is 13.8. The number of aromatic hydroxyl groups is 1. The number of para-hydroxylation sites is 1. The Morgan fingerprint density at radius 2 is 1.96 bits per heavy atom. The highest BCUT2D eigenvalue weighted by Gasteiger charge is 2.53. The SMILES string of the molecule is Oc1ccc2c(c1)[C@@]13CCCC[C@H]1[C@@H](C2)N(CCCOc1ccccc1)CC3. The molecular formula is C25H31NO2. The number of hydrogen-bond acceptors (Lipinski definition) is 3. The fraction of sp³-hybridized carbons (Fsp3) is 0.520. The minimum absolute atomic E-state index is 0.312. The molecule has 3 atom stereocenters. The van der Waals surface area contributed by atoms with Crippen LogP contribution < -0.4 is 4.74 Å². The minimum atomic E-state index is 0.312. The van der Waals surface area contributed by atoms with Gasteiger partial charge in [-0.1, -0.05) is 37.1 Å². The van der Waals surface area contributed by atoms with Gasteiger partial charge in [0, 0.05) is 18.0 Å². The van der Waals surface area contributed by atoms with E-state index >= 15 is 0 Å². The van der Waals surface area contributed by atoms with Crippen molar-refractivity contribution in [2.45, 2.75) is 56.4 Å². The number of phenols is 1. The quantitative estimate of drug-likeness (QED) is 0.751. The molecule has 1 N–H and O–H groups in total. The number of hydrogen-bond donors (Lipinski definition) is 1. The Bertz CT molecular complexity index is 821. The van der Waals surface area contributed by atoms with Gasteiger partial charge in [-0.15, -0.1) is 0 Å². The lowest BCUT2D eigenvalue weighted by Gasteiger charge is -2.59. The van der Waals surface area contributed by atoms with E-state index < -0.39 is 0 Å². The Kier molecular flexibility index (Phi) is 4.80. The highest BCUT2D eigenvalue weighted by atomic mass is 16.5. The van der Waals surface area contributed by atoms with Crippen LogP contribution in [0.25, 0.3) is 0 Å². The maximum absolute atomic E-state index is 10.1. The van der Waals surface area contributed by atoms with Gasteiger partial charge in [0.25, 0.3) is 0 Å². The Morgan fingerprint density at radius 3 is 2.86 bits per heavy atom. The molecule has 3 heteroatoms. The molecule has 1 saturated heterocycles. The number of fused-ring (bicyclic) bond motifs is 1. The summed E-state index contributed by atoms with van der Waals surface area (Å²) in [6.45, 7) is 3.09. The van der Waals surface area contributed by atoms with Crippen molar-refractivity contribution in [3.8, 4) is 11.5 Å². The van der Waals surface area contributed by atoms with Crippen LogP contribution in [0.1, 0.15) is 49.7 Å². The van der Waals surface area contributed by atoms with Gasteiger partial charge in [0.1, 0.15) is 11.5 Å². The van der Waals surface area contributed by atoms with E-state index in [1.807, 2.05) is 36.4 Å². The molecule has 148 valence electrons. The molecule has 2 aromatic rings. The summed E-state index contributed by atoms with van der Waals surface area (Å²) in [4.78, 5) is 2.75. The second kappa shape index (κ2) is 7.44. The number of rotatable bonds is 5. The molecule has 5 rings (SSSR count). The largest absolute Gasteiger partial charge is 0.508 e. The molecule has 2 bridgehead atoms. The van der Waals surface area contributed by atoms with Gasteiger partial charge in [0.05, 0.1) is 6.61 Å². The second-order valence-corrected chi connectivity index (χ2v) is 8.92. The zero-order valence-corrected chi connectivity index (χ0v) is 16.6. The zero-order chi connectivity index (χ0) is 19.0. The molecule has 0 unspecified atom stereocenters. The molecular weight excluding hydrogens is 346 g/mol. The smallest absolute Gasteiger partial charge is 0.119 e. The van der Waals surface area contributed by atoms with Crippen LogP contribution in [0.15, 0.2) is 48.5 Å². The Hall–Kier alpha value is -2.00. The number of piperidine rings is 1. The Labute approximate surface area is 168 Å². The van der Waals surface area contributed by atoms with Gasteiger partial charge >= 0.3 is 0 Å². The zero-order valence-electron chi connectivity index (χ0n) is 16.6. The number of nitrogens with zero attached hydrogens (tertiary/aromatic N) is 1. The summed E-state index contributed by atoms with van der Waals surface area (Å²) in [5, 5.41) is 10.1. The van der Waals surface area contributed by atoms with Gasteiger partial charge in [-0.2, -0.15) is 0 Å². The highest BCUT2D eigenvalue weighted by molar-refractivity contribution is 5.45. The maximum atomic E-state index is 10.1. The van der Waals surface area contributed by atoms with E-state index in [2.05, 4.69) is 17.0 Å². The summed E-state index contributed by atoms with van der Waals surface area (Å²) < 4.78 is 5.92. The number of ether oxygens (including phenoxy) is 1. The number of likely N-dealkylation sites (tertiary alicyclic amines) is 1. The molecule has 2 fully saturated rings. The van der Waals surface area contributed by atoms with Gasteiger partial charge in [-0.05, 0) is 80.0 Å². The van der Waals surface area contributed by atoms with E-state index in [4.69, 9.17) is 4.74 Å². The van der Waals surface area contributed by atoms with Crippen molar-refractivity contribution in [1.82, 2.24) is 4.90 Å². The topological polar surface area (TPSA) is 32.7 Å². The van der Waals surface area contributed by atoms with Crippen LogP contribution in [0.5, 0.6) is 11.5 Å². The average molecular weight is 378 g/mol. The van der Waals surface area contributed by atoms with Crippen molar-refractivity contribution in [3.63, 3.8) is 0 Å². The van der Waals surface area contributed by atoms with Crippen LogP contribution >= 0.6 is 0 Å². The van der Waals surface area contributed by atoms with E-state index in [0.717, 1.165) is 37.7 Å². The molecule has 0 radical (unpaired) electrons. The highest BCUT2D eigenvalue weighted by Crippen LogP contribution is 2.56. The lowest BCUT2D eigenvalue weighted by molar-refractivity contribution is -0.0130. The van der Waals surface area contributed by atoms with Gasteiger partial charge in [0.2, 0.25) is 0 Å². The lowest BCUT2D eigenvalue weighted by Crippen LogP contribution is -2.61. The van der Waals surface area contributed by atoms with Crippen LogP contribution in [0.3, 0.4) is 0 Å². The van der Waals surface area contributed by atoms with Gasteiger partial charge in [0.15, 0.2) is 0 Å². The van der Waals surface area contributed by atoms with E-state index in [1.54, 1.807) is 0 Å². The fourth-order valence-electron chi connectivity index (χ4n) is 6.32. The van der Waals surface area contributed by atoms with Crippen LogP contribution in [-0.4, -0.2) is 35.7 Å². The molecule has 0 spiro atoms. The number of benzene rings is 2. The van der Waals surface area contributed by atoms with Crippen molar-refractivity contribution < 1.29 is 9.84 Å². The summed E-state index contributed by atoms with van der Waals surface area (Å²) in [7, 11) is 0. The molecule has 1 heterocycles. The molecule has 3 nitrogen and oxygen atoms in total. The van der Waals surface area contributed by atoms with Gasteiger partial charge in [-0.25, -0.2) is 0 Å². The first kappa shape index (κ1) is 18.1. The van der Waals surface area contributed by atoms with Crippen molar-refractivity contribution in [3.05, 3.63) is 59.7 Å². The van der Waals surface area contributed by atoms with Crippen molar-refractivity contribution in [1.29, 1.82) is 0 Å². The normalized spacial score (nSPS) is 29.0. The maximum Gasteiger partial charge on any atom is 0.119 e. The van der Waals surface area contributed by atoms with Gasteiger partial charge < -0.3 is 9.84 Å². The molecule has 1 saturated carbocycles. The minimum Gasteiger partial charge on any atom is -0.508 e. The fourth-order valence-corrected chi connectivity index (χ4v) is 6.32. The summed E-state index contributed by atoms with van der Waals surface area (Å²) in [6, 6.07) is 17.0. The van der Waals surface area contributed by atoms with Gasteiger partial charge in [-0.3, -0.25) is 4.90 Å².